The molecule has 1 aliphatic rings. The minimum Gasteiger partial charge on any atom is -0.393 e. The number of aromatic nitrogens is 1. The van der Waals surface area contributed by atoms with Crippen LogP contribution in [0.4, 0.5) is 0 Å². The van der Waals surface area contributed by atoms with Gasteiger partial charge >= 0.3 is 0 Å². The van der Waals surface area contributed by atoms with E-state index in [1.54, 1.807) is 19.2 Å². The van der Waals surface area contributed by atoms with Crippen molar-refractivity contribution >= 4 is 17.7 Å². The highest BCUT2D eigenvalue weighted by molar-refractivity contribution is 7.98. The molecule has 2 unspecified atom stereocenters. The maximum Gasteiger partial charge on any atom is 0.254 e. The van der Waals surface area contributed by atoms with Crippen molar-refractivity contribution in [2.75, 3.05) is 12.8 Å². The van der Waals surface area contributed by atoms with Gasteiger partial charge in [0.1, 0.15) is 0 Å². The zero-order valence-electron chi connectivity index (χ0n) is 11.4. The molecule has 1 N–H and O–H groups in total. The predicted molar refractivity (Wildman–Crippen MR) is 76.4 cm³/mol. The fourth-order valence-electron chi connectivity index (χ4n) is 2.56. The normalized spacial score (nSPS) is 20.6. The molecule has 1 aromatic rings. The summed E-state index contributed by atoms with van der Waals surface area (Å²) in [5, 5.41) is 10.4. The van der Waals surface area contributed by atoms with Crippen molar-refractivity contribution in [2.24, 2.45) is 0 Å². The molecule has 0 aromatic carbocycles. The Labute approximate surface area is 118 Å². The van der Waals surface area contributed by atoms with Gasteiger partial charge in [-0.25, -0.2) is 4.98 Å². The van der Waals surface area contributed by atoms with Crippen LogP contribution in [0.15, 0.2) is 23.4 Å². The number of aliphatic hydroxyl groups is 1. The SMILES string of the molecule is CSc1cc(C(=O)N2CCCC2CC(C)O)ccn1. The largest absolute Gasteiger partial charge is 0.393 e. The van der Waals surface area contributed by atoms with Gasteiger partial charge in [-0.15, -0.1) is 11.8 Å². The van der Waals surface area contributed by atoms with Crippen LogP contribution in [-0.4, -0.2) is 45.8 Å². The third-order valence-corrected chi connectivity index (χ3v) is 4.08. The Morgan fingerprint density at radius 3 is 3.16 bits per heavy atom. The summed E-state index contributed by atoms with van der Waals surface area (Å²) in [6, 6.07) is 3.77. The van der Waals surface area contributed by atoms with Gasteiger partial charge in [-0.05, 0) is 44.6 Å². The van der Waals surface area contributed by atoms with Crippen LogP contribution in [0.2, 0.25) is 0 Å². The zero-order chi connectivity index (χ0) is 13.8. The molecule has 2 atom stereocenters. The van der Waals surface area contributed by atoms with E-state index in [1.807, 2.05) is 17.2 Å². The van der Waals surface area contributed by atoms with E-state index in [4.69, 9.17) is 0 Å². The molecule has 0 spiro atoms. The van der Waals surface area contributed by atoms with Gasteiger partial charge < -0.3 is 10.0 Å². The van der Waals surface area contributed by atoms with Crippen LogP contribution in [0.25, 0.3) is 0 Å². The molecular weight excluding hydrogens is 260 g/mol. The van der Waals surface area contributed by atoms with Gasteiger partial charge in [0, 0.05) is 24.3 Å². The van der Waals surface area contributed by atoms with Crippen molar-refractivity contribution in [3.05, 3.63) is 23.9 Å². The Hall–Kier alpha value is -1.07. The minimum atomic E-state index is -0.363. The average Bonchev–Trinajstić information content (AvgIpc) is 2.85. The highest BCUT2D eigenvalue weighted by atomic mass is 32.2. The summed E-state index contributed by atoms with van der Waals surface area (Å²) in [7, 11) is 0. The Balaban J connectivity index is 2.13. The van der Waals surface area contributed by atoms with E-state index < -0.39 is 0 Å². The Morgan fingerprint density at radius 1 is 1.68 bits per heavy atom. The number of amides is 1. The van der Waals surface area contributed by atoms with Gasteiger partial charge in [0.25, 0.3) is 5.91 Å². The topological polar surface area (TPSA) is 53.4 Å². The van der Waals surface area contributed by atoms with E-state index in [-0.39, 0.29) is 18.1 Å². The number of hydrogen-bond acceptors (Lipinski definition) is 4. The fraction of sp³-hybridized carbons (Fsp3) is 0.571. The third kappa shape index (κ3) is 3.48. The lowest BCUT2D eigenvalue weighted by atomic mass is 10.1. The highest BCUT2D eigenvalue weighted by Crippen LogP contribution is 2.24. The molecule has 0 saturated carbocycles. The highest BCUT2D eigenvalue weighted by Gasteiger charge is 2.30. The second kappa shape index (κ2) is 6.39. The van der Waals surface area contributed by atoms with Crippen LogP contribution < -0.4 is 0 Å². The third-order valence-electron chi connectivity index (χ3n) is 3.44. The molecule has 0 aliphatic carbocycles. The lowest BCUT2D eigenvalue weighted by molar-refractivity contribution is 0.0681. The Kier molecular flexibility index (Phi) is 4.82. The molecule has 1 fully saturated rings. The smallest absolute Gasteiger partial charge is 0.254 e. The number of hydrogen-bond donors (Lipinski definition) is 1. The zero-order valence-corrected chi connectivity index (χ0v) is 12.2. The number of nitrogens with zero attached hydrogens (tertiary/aromatic N) is 2. The number of aliphatic hydroxyl groups excluding tert-OH is 1. The summed E-state index contributed by atoms with van der Waals surface area (Å²) in [4.78, 5) is 18.6. The molecule has 104 valence electrons. The number of pyridine rings is 1. The van der Waals surface area contributed by atoms with E-state index in [0.29, 0.717) is 12.0 Å². The lowest BCUT2D eigenvalue weighted by Crippen LogP contribution is -2.37. The summed E-state index contributed by atoms with van der Waals surface area (Å²) in [5.41, 5.74) is 0.692. The second-order valence-electron chi connectivity index (χ2n) is 4.97. The number of carbonyl (C=O) groups excluding carboxylic acids is 1. The van der Waals surface area contributed by atoms with Crippen LogP contribution in [0.5, 0.6) is 0 Å². The number of rotatable bonds is 4. The molecule has 19 heavy (non-hydrogen) atoms. The van der Waals surface area contributed by atoms with Crippen molar-refractivity contribution in [1.29, 1.82) is 0 Å². The van der Waals surface area contributed by atoms with Gasteiger partial charge in [-0.2, -0.15) is 0 Å². The molecule has 0 bridgehead atoms. The average molecular weight is 280 g/mol. The number of likely N-dealkylation sites (tertiary alicyclic amines) is 1. The van der Waals surface area contributed by atoms with Crippen molar-refractivity contribution < 1.29 is 9.90 Å². The van der Waals surface area contributed by atoms with E-state index in [2.05, 4.69) is 4.98 Å². The predicted octanol–water partition coefficient (Wildman–Crippen LogP) is 2.18. The molecular formula is C14H20N2O2S. The first-order valence-electron chi connectivity index (χ1n) is 6.61. The van der Waals surface area contributed by atoms with Gasteiger partial charge in [-0.3, -0.25) is 4.79 Å². The van der Waals surface area contributed by atoms with Gasteiger partial charge in [0.05, 0.1) is 11.1 Å². The molecule has 1 amide bonds. The van der Waals surface area contributed by atoms with Crippen molar-refractivity contribution in [1.82, 2.24) is 9.88 Å². The quantitative estimate of drug-likeness (QED) is 0.859. The standard InChI is InChI=1S/C14H20N2O2S/c1-10(17)8-12-4-3-7-16(12)14(18)11-5-6-15-13(9-11)19-2/h5-6,9-10,12,17H,3-4,7-8H2,1-2H3. The molecule has 4 nitrogen and oxygen atoms in total. The van der Waals surface area contributed by atoms with Crippen LogP contribution in [0.3, 0.4) is 0 Å². The van der Waals surface area contributed by atoms with E-state index in [9.17, 15) is 9.90 Å². The van der Waals surface area contributed by atoms with E-state index >= 15 is 0 Å². The summed E-state index contributed by atoms with van der Waals surface area (Å²) < 4.78 is 0. The number of thioether (sulfide) groups is 1. The lowest BCUT2D eigenvalue weighted by Gasteiger charge is -2.25. The first-order valence-corrected chi connectivity index (χ1v) is 7.83. The molecule has 2 heterocycles. The fourth-order valence-corrected chi connectivity index (χ4v) is 2.97. The monoisotopic (exact) mass is 280 g/mol. The van der Waals surface area contributed by atoms with Crippen LogP contribution in [0.1, 0.15) is 36.5 Å². The van der Waals surface area contributed by atoms with Crippen LogP contribution in [-0.2, 0) is 0 Å². The van der Waals surface area contributed by atoms with Crippen LogP contribution >= 0.6 is 11.8 Å². The first kappa shape index (κ1) is 14.3. The molecule has 1 aromatic heterocycles. The van der Waals surface area contributed by atoms with Gasteiger partial charge in [-0.1, -0.05) is 0 Å². The summed E-state index contributed by atoms with van der Waals surface area (Å²) in [6.45, 7) is 2.56. The Morgan fingerprint density at radius 2 is 2.47 bits per heavy atom. The van der Waals surface area contributed by atoms with Crippen LogP contribution in [0, 0.1) is 0 Å². The molecule has 0 radical (unpaired) electrons. The van der Waals surface area contributed by atoms with Crippen molar-refractivity contribution in [3.8, 4) is 0 Å². The Bertz CT molecular complexity index is 451. The molecule has 5 heteroatoms. The van der Waals surface area contributed by atoms with Crippen molar-refractivity contribution in [2.45, 2.75) is 43.4 Å². The minimum absolute atomic E-state index is 0.0563. The summed E-state index contributed by atoms with van der Waals surface area (Å²) >= 11 is 1.53. The van der Waals surface area contributed by atoms with Gasteiger partial charge in [0.15, 0.2) is 0 Å². The summed E-state index contributed by atoms with van der Waals surface area (Å²) in [6.07, 6.45) is 5.92. The number of carbonyl (C=O) groups is 1. The first-order chi connectivity index (χ1) is 9.11. The summed E-state index contributed by atoms with van der Waals surface area (Å²) in [5.74, 6) is 0.0563. The molecule has 2 rings (SSSR count). The second-order valence-corrected chi connectivity index (χ2v) is 5.79. The van der Waals surface area contributed by atoms with Crippen molar-refractivity contribution in [3.63, 3.8) is 0 Å². The maximum atomic E-state index is 12.5. The van der Waals surface area contributed by atoms with E-state index in [0.717, 1.165) is 24.4 Å². The molecule has 1 saturated heterocycles. The maximum absolute atomic E-state index is 12.5. The van der Waals surface area contributed by atoms with E-state index in [1.165, 1.54) is 11.8 Å². The van der Waals surface area contributed by atoms with Gasteiger partial charge in [0.2, 0.25) is 0 Å². The molecule has 1 aliphatic heterocycles.